The molecule has 0 fully saturated rings. The van der Waals surface area contributed by atoms with E-state index in [0.29, 0.717) is 22.5 Å². The van der Waals surface area contributed by atoms with E-state index in [-0.39, 0.29) is 5.78 Å². The predicted molar refractivity (Wildman–Crippen MR) is 86.7 cm³/mol. The minimum atomic E-state index is -0.690. The zero-order valence-electron chi connectivity index (χ0n) is 11.3. The van der Waals surface area contributed by atoms with Crippen molar-refractivity contribution >= 4 is 45.4 Å². The lowest BCUT2D eigenvalue weighted by molar-refractivity contribution is -0.121. The first-order chi connectivity index (χ1) is 8.86. The average molecular weight is 391 g/mol. The van der Waals surface area contributed by atoms with Crippen LogP contribution < -0.4 is 11.1 Å². The van der Waals surface area contributed by atoms with E-state index in [2.05, 4.69) is 39.6 Å². The summed E-state index contributed by atoms with van der Waals surface area (Å²) in [4.78, 5) is 11.7. The molecule has 3 N–H and O–H groups in total. The lowest BCUT2D eigenvalue weighted by Crippen LogP contribution is -2.28. The smallest absolute Gasteiger partial charge is 0.139 e. The Morgan fingerprint density at radius 1 is 1.42 bits per heavy atom. The first kappa shape index (κ1) is 17.9. The molecule has 1 rings (SSSR count). The van der Waals surface area contributed by atoms with Gasteiger partial charge in [-0.2, -0.15) is 5.26 Å². The van der Waals surface area contributed by atoms with E-state index < -0.39 is 5.41 Å². The quantitative estimate of drug-likeness (QED) is 0.770. The summed E-state index contributed by atoms with van der Waals surface area (Å²) in [5.41, 5.74) is 7.33. The van der Waals surface area contributed by atoms with Crippen LogP contribution in [0.25, 0.3) is 0 Å². The van der Waals surface area contributed by atoms with Gasteiger partial charge in [0, 0.05) is 40.7 Å². The van der Waals surface area contributed by atoms with Crippen LogP contribution in [-0.2, 0) is 10.2 Å². The zero-order valence-corrected chi connectivity index (χ0v) is 14.5. The van der Waals surface area contributed by atoms with E-state index in [0.717, 1.165) is 0 Å². The molecule has 1 aromatic rings. The Balaban J connectivity index is 0.00000154. The topological polar surface area (TPSA) is 78.9 Å². The largest absolute Gasteiger partial charge is 0.397 e. The summed E-state index contributed by atoms with van der Waals surface area (Å²) in [6, 6.07) is 5.58. The molecule has 19 heavy (non-hydrogen) atoms. The minimum absolute atomic E-state index is 0.0147. The van der Waals surface area contributed by atoms with Crippen LogP contribution in [0, 0.1) is 11.3 Å². The van der Waals surface area contributed by atoms with Gasteiger partial charge in [-0.15, -0.1) is 0 Å². The van der Waals surface area contributed by atoms with E-state index in [4.69, 9.17) is 5.73 Å². The number of nitrogens with zero attached hydrogens (tertiary/aromatic N) is 1. The second-order valence-electron chi connectivity index (χ2n) is 4.50. The molecule has 0 saturated carbocycles. The fraction of sp³-hybridized carbons (Fsp3) is 0.385. The number of hydrogen-bond donors (Lipinski definition) is 2. The number of nitrogens with one attached hydrogen (secondary N) is 1. The van der Waals surface area contributed by atoms with Crippen molar-refractivity contribution in [2.75, 3.05) is 18.1 Å². The molecule has 0 radical (unpaired) electrons. The van der Waals surface area contributed by atoms with Crippen LogP contribution in [0.3, 0.4) is 0 Å². The van der Waals surface area contributed by atoms with Gasteiger partial charge in [-0.05, 0) is 32.4 Å². The third-order valence-electron chi connectivity index (χ3n) is 3.15. The maximum Gasteiger partial charge on any atom is 0.139 e. The molecule has 0 aromatic heterocycles. The number of benzene rings is 1. The highest BCUT2D eigenvalue weighted by molar-refractivity contribution is 9.93. The molecule has 4 nitrogen and oxygen atoms in total. The SMILES string of the molecule is BrBr.CNc1c(N)ccc(C(C)(C)C(C)=O)c1C#N. The molecule has 0 spiro atoms. The Morgan fingerprint density at radius 3 is 2.32 bits per heavy atom. The number of ketones is 1. The number of carbonyl (C=O) groups is 1. The summed E-state index contributed by atoms with van der Waals surface area (Å²) in [5, 5.41) is 12.2. The maximum atomic E-state index is 11.7. The molecule has 0 atom stereocenters. The Labute approximate surface area is 129 Å². The number of halogens is 2. The van der Waals surface area contributed by atoms with Crippen LogP contribution in [0.4, 0.5) is 11.4 Å². The molecule has 0 bridgehead atoms. The molecular formula is C13H17Br2N3O. The van der Waals surface area contributed by atoms with Gasteiger partial charge in [-0.1, -0.05) is 6.07 Å². The van der Waals surface area contributed by atoms with Crippen molar-refractivity contribution in [2.45, 2.75) is 26.2 Å². The third kappa shape index (κ3) is 3.71. The average Bonchev–Trinajstić information content (AvgIpc) is 2.39. The van der Waals surface area contributed by atoms with Gasteiger partial charge in [0.1, 0.15) is 11.9 Å². The second-order valence-corrected chi connectivity index (χ2v) is 4.50. The van der Waals surface area contributed by atoms with E-state index in [1.807, 2.05) is 0 Å². The van der Waals surface area contributed by atoms with Crippen LogP contribution >= 0.6 is 28.3 Å². The van der Waals surface area contributed by atoms with Crippen LogP contribution in [0.1, 0.15) is 31.9 Å². The molecule has 0 saturated heterocycles. The normalized spacial score (nSPS) is 9.95. The molecule has 104 valence electrons. The molecule has 0 unspecified atom stereocenters. The Hall–Kier alpha value is -1.06. The van der Waals surface area contributed by atoms with Gasteiger partial charge in [0.2, 0.25) is 0 Å². The van der Waals surface area contributed by atoms with Gasteiger partial charge in [0.15, 0.2) is 0 Å². The van der Waals surface area contributed by atoms with Gasteiger partial charge in [0.25, 0.3) is 0 Å². The highest BCUT2D eigenvalue weighted by atomic mass is 80.9. The molecule has 6 heteroatoms. The number of nitrogen functional groups attached to an aromatic ring is 1. The molecular weight excluding hydrogens is 374 g/mol. The van der Waals surface area contributed by atoms with Gasteiger partial charge >= 0.3 is 0 Å². The Morgan fingerprint density at radius 2 is 1.95 bits per heavy atom. The van der Waals surface area contributed by atoms with Crippen molar-refractivity contribution in [3.05, 3.63) is 23.3 Å². The lowest BCUT2D eigenvalue weighted by Gasteiger charge is -2.24. The molecule has 0 aliphatic carbocycles. The highest BCUT2D eigenvalue weighted by Gasteiger charge is 2.30. The van der Waals surface area contributed by atoms with E-state index >= 15 is 0 Å². The minimum Gasteiger partial charge on any atom is -0.397 e. The standard InChI is InChI=1S/C13H17N3O.Br2/c1-8(17)13(2,3)10-5-6-11(15)12(16-4)9(10)7-14;1-2/h5-6,16H,15H2,1-4H3;. The summed E-state index contributed by atoms with van der Waals surface area (Å²) in [6.45, 7) is 5.14. The number of Topliss-reactive ketones (excluding diaryl/α,β-unsaturated/α-hetero) is 1. The van der Waals surface area contributed by atoms with Crippen LogP contribution in [0.5, 0.6) is 0 Å². The second kappa shape index (κ2) is 7.51. The number of nitriles is 1. The zero-order chi connectivity index (χ0) is 15.2. The van der Waals surface area contributed by atoms with E-state index in [1.54, 1.807) is 33.0 Å². The Kier molecular flexibility index (Phi) is 7.09. The fourth-order valence-corrected chi connectivity index (χ4v) is 1.71. The van der Waals surface area contributed by atoms with Crippen LogP contribution in [-0.4, -0.2) is 12.8 Å². The van der Waals surface area contributed by atoms with E-state index in [1.165, 1.54) is 6.92 Å². The first-order valence-electron chi connectivity index (χ1n) is 5.52. The summed E-state index contributed by atoms with van der Waals surface area (Å²) < 4.78 is 0. The van der Waals surface area contributed by atoms with Gasteiger partial charge in [-0.25, -0.2) is 0 Å². The molecule has 0 aliphatic rings. The number of anilines is 2. The van der Waals surface area contributed by atoms with Crippen molar-refractivity contribution in [3.63, 3.8) is 0 Å². The first-order valence-corrected chi connectivity index (χ1v) is 9.23. The number of rotatable bonds is 3. The van der Waals surface area contributed by atoms with Gasteiger partial charge in [0.05, 0.1) is 16.9 Å². The van der Waals surface area contributed by atoms with Crippen molar-refractivity contribution in [2.24, 2.45) is 0 Å². The molecule has 1 aromatic carbocycles. The number of nitrogens with two attached hydrogens (primary N) is 1. The summed E-state index contributed by atoms with van der Waals surface area (Å²) in [5.74, 6) is 0.0147. The molecule has 0 amide bonds. The van der Waals surface area contributed by atoms with Gasteiger partial charge < -0.3 is 11.1 Å². The summed E-state index contributed by atoms with van der Waals surface area (Å²) in [6.07, 6.45) is 0. The fourth-order valence-electron chi connectivity index (χ4n) is 1.71. The van der Waals surface area contributed by atoms with Crippen molar-refractivity contribution < 1.29 is 4.79 Å². The monoisotopic (exact) mass is 389 g/mol. The van der Waals surface area contributed by atoms with Gasteiger partial charge in [-0.3, -0.25) is 4.79 Å². The predicted octanol–water partition coefficient (Wildman–Crippen LogP) is 3.74. The van der Waals surface area contributed by atoms with Crippen molar-refractivity contribution in [1.29, 1.82) is 5.26 Å². The number of hydrogen-bond acceptors (Lipinski definition) is 4. The van der Waals surface area contributed by atoms with Crippen LogP contribution in [0.2, 0.25) is 0 Å². The van der Waals surface area contributed by atoms with Crippen molar-refractivity contribution in [1.82, 2.24) is 0 Å². The summed E-state index contributed by atoms with van der Waals surface area (Å²) in [7, 11) is 1.71. The Bertz CT molecular complexity index is 507. The lowest BCUT2D eigenvalue weighted by atomic mass is 9.78. The highest BCUT2D eigenvalue weighted by Crippen LogP contribution is 2.34. The number of carbonyl (C=O) groups excluding carboxylic acids is 1. The van der Waals surface area contributed by atoms with E-state index in [9.17, 15) is 10.1 Å². The van der Waals surface area contributed by atoms with Crippen molar-refractivity contribution in [3.8, 4) is 6.07 Å². The summed E-state index contributed by atoms with van der Waals surface area (Å²) >= 11 is 5.50. The maximum absolute atomic E-state index is 11.7. The molecule has 0 aliphatic heterocycles. The molecule has 0 heterocycles. The third-order valence-corrected chi connectivity index (χ3v) is 3.15. The van der Waals surface area contributed by atoms with Crippen LogP contribution in [0.15, 0.2) is 12.1 Å².